The fourth-order valence-corrected chi connectivity index (χ4v) is 3.26. The largest absolute Gasteiger partial charge is 0.340 e. The molecule has 2 aliphatic rings. The predicted octanol–water partition coefficient (Wildman–Crippen LogP) is 1.91. The van der Waals surface area contributed by atoms with Gasteiger partial charge in [0.25, 0.3) is 0 Å². The van der Waals surface area contributed by atoms with Crippen molar-refractivity contribution in [3.8, 4) is 0 Å². The SMILES string of the molecule is CCN(CC)C1CCN(C(=O)[C@H]2CCCCN2)C1.Cl.Cl. The van der Waals surface area contributed by atoms with Crippen LogP contribution in [0.1, 0.15) is 39.5 Å². The lowest BCUT2D eigenvalue weighted by Crippen LogP contribution is -2.48. The molecule has 2 aliphatic heterocycles. The number of likely N-dealkylation sites (N-methyl/N-ethyl adjacent to an activating group) is 1. The average Bonchev–Trinajstić information content (AvgIpc) is 2.90. The van der Waals surface area contributed by atoms with E-state index in [0.29, 0.717) is 11.9 Å². The maximum atomic E-state index is 12.4. The Morgan fingerprint density at radius 1 is 1.20 bits per heavy atom. The predicted molar refractivity (Wildman–Crippen MR) is 88.0 cm³/mol. The number of piperidine rings is 1. The molecule has 2 saturated heterocycles. The minimum atomic E-state index is 0. The lowest BCUT2D eigenvalue weighted by Gasteiger charge is -2.29. The second kappa shape index (κ2) is 9.82. The molecule has 0 aromatic rings. The molecule has 4 nitrogen and oxygen atoms in total. The summed E-state index contributed by atoms with van der Waals surface area (Å²) in [5, 5.41) is 3.36. The zero-order valence-corrected chi connectivity index (χ0v) is 14.3. The third-order valence-corrected chi connectivity index (χ3v) is 4.41. The first-order valence-corrected chi connectivity index (χ1v) is 7.52. The molecule has 0 spiro atoms. The van der Waals surface area contributed by atoms with Gasteiger partial charge in [-0.3, -0.25) is 9.69 Å². The van der Waals surface area contributed by atoms with Crippen LogP contribution in [0.25, 0.3) is 0 Å². The molecule has 0 aromatic heterocycles. The molecule has 2 rings (SSSR count). The van der Waals surface area contributed by atoms with E-state index < -0.39 is 0 Å². The van der Waals surface area contributed by atoms with E-state index in [-0.39, 0.29) is 30.9 Å². The summed E-state index contributed by atoms with van der Waals surface area (Å²) in [5.74, 6) is 0.337. The Morgan fingerprint density at radius 3 is 2.45 bits per heavy atom. The number of hydrogen-bond donors (Lipinski definition) is 1. The van der Waals surface area contributed by atoms with Crippen LogP contribution in [0.5, 0.6) is 0 Å². The molecule has 1 amide bonds. The van der Waals surface area contributed by atoms with Gasteiger partial charge in [0, 0.05) is 19.1 Å². The Labute approximate surface area is 135 Å². The van der Waals surface area contributed by atoms with Crippen molar-refractivity contribution in [1.82, 2.24) is 15.1 Å². The zero-order chi connectivity index (χ0) is 13.0. The summed E-state index contributed by atoms with van der Waals surface area (Å²) in [6.07, 6.45) is 4.56. The van der Waals surface area contributed by atoms with Crippen molar-refractivity contribution in [3.05, 3.63) is 0 Å². The van der Waals surface area contributed by atoms with E-state index in [1.807, 2.05) is 0 Å². The quantitative estimate of drug-likeness (QED) is 0.857. The number of hydrogen-bond acceptors (Lipinski definition) is 3. The van der Waals surface area contributed by atoms with Crippen LogP contribution in [0.15, 0.2) is 0 Å². The second-order valence-electron chi connectivity index (χ2n) is 5.45. The number of carbonyl (C=O) groups excluding carboxylic acids is 1. The summed E-state index contributed by atoms with van der Waals surface area (Å²) >= 11 is 0. The van der Waals surface area contributed by atoms with Gasteiger partial charge in [-0.15, -0.1) is 24.8 Å². The van der Waals surface area contributed by atoms with Gasteiger partial charge in [0.15, 0.2) is 0 Å². The van der Waals surface area contributed by atoms with Crippen LogP contribution in [0, 0.1) is 0 Å². The number of likely N-dealkylation sites (tertiary alicyclic amines) is 1. The highest BCUT2D eigenvalue weighted by Crippen LogP contribution is 2.18. The van der Waals surface area contributed by atoms with E-state index >= 15 is 0 Å². The summed E-state index contributed by atoms with van der Waals surface area (Å²) in [5.41, 5.74) is 0. The molecule has 0 bridgehead atoms. The number of halogens is 2. The third kappa shape index (κ3) is 4.76. The van der Waals surface area contributed by atoms with Crippen molar-refractivity contribution in [2.75, 3.05) is 32.7 Å². The van der Waals surface area contributed by atoms with E-state index in [4.69, 9.17) is 0 Å². The monoisotopic (exact) mass is 325 g/mol. The standard InChI is InChI=1S/C14H27N3O.2ClH/c1-3-16(4-2)12-8-10-17(11-12)14(18)13-7-5-6-9-15-13;;/h12-13,15H,3-11H2,1-2H3;2*1H/t12?,13-;;/m1../s1. The number of nitrogens with zero attached hydrogens (tertiary/aromatic N) is 2. The molecule has 0 saturated carbocycles. The van der Waals surface area contributed by atoms with Gasteiger partial charge in [0.05, 0.1) is 6.04 Å². The number of amides is 1. The summed E-state index contributed by atoms with van der Waals surface area (Å²) < 4.78 is 0. The van der Waals surface area contributed by atoms with Gasteiger partial charge in [0.2, 0.25) is 5.91 Å². The number of rotatable bonds is 4. The van der Waals surface area contributed by atoms with Crippen LogP contribution >= 0.6 is 24.8 Å². The first kappa shape index (κ1) is 20.0. The molecule has 2 fully saturated rings. The van der Waals surface area contributed by atoms with Crippen LogP contribution < -0.4 is 5.32 Å². The van der Waals surface area contributed by atoms with Crippen molar-refractivity contribution in [2.45, 2.75) is 51.6 Å². The van der Waals surface area contributed by atoms with Gasteiger partial charge in [-0.1, -0.05) is 20.3 Å². The number of carbonyl (C=O) groups is 1. The molecular weight excluding hydrogens is 297 g/mol. The lowest BCUT2D eigenvalue weighted by molar-refractivity contribution is -0.133. The van der Waals surface area contributed by atoms with Crippen molar-refractivity contribution in [2.24, 2.45) is 0 Å². The molecule has 0 aliphatic carbocycles. The summed E-state index contributed by atoms with van der Waals surface area (Å²) in [7, 11) is 0. The molecule has 0 aromatic carbocycles. The first-order chi connectivity index (χ1) is 8.76. The molecule has 0 radical (unpaired) electrons. The second-order valence-corrected chi connectivity index (χ2v) is 5.45. The van der Waals surface area contributed by atoms with Gasteiger partial charge < -0.3 is 10.2 Å². The highest BCUT2D eigenvalue weighted by molar-refractivity contribution is 5.85. The highest BCUT2D eigenvalue weighted by Gasteiger charge is 2.32. The molecular formula is C14H29Cl2N3O. The molecule has 2 heterocycles. The van der Waals surface area contributed by atoms with Crippen molar-refractivity contribution in [1.29, 1.82) is 0 Å². The minimum Gasteiger partial charge on any atom is -0.340 e. The summed E-state index contributed by atoms with van der Waals surface area (Å²) in [4.78, 5) is 16.9. The third-order valence-electron chi connectivity index (χ3n) is 4.41. The molecule has 1 unspecified atom stereocenters. The number of nitrogens with one attached hydrogen (secondary N) is 1. The molecule has 2 atom stereocenters. The van der Waals surface area contributed by atoms with E-state index in [1.165, 1.54) is 12.8 Å². The van der Waals surface area contributed by atoms with Gasteiger partial charge in [0.1, 0.15) is 0 Å². The van der Waals surface area contributed by atoms with Crippen LogP contribution in [-0.4, -0.2) is 60.5 Å². The lowest BCUT2D eigenvalue weighted by atomic mass is 10.0. The van der Waals surface area contributed by atoms with Crippen molar-refractivity contribution in [3.63, 3.8) is 0 Å². The van der Waals surface area contributed by atoms with Gasteiger partial charge in [-0.05, 0) is 38.9 Å². The Balaban J connectivity index is 0.00000180. The molecule has 120 valence electrons. The Kier molecular flexibility index (Phi) is 9.81. The normalized spacial score (nSPS) is 26.1. The zero-order valence-electron chi connectivity index (χ0n) is 12.6. The minimum absolute atomic E-state index is 0. The maximum absolute atomic E-state index is 12.4. The maximum Gasteiger partial charge on any atom is 0.239 e. The van der Waals surface area contributed by atoms with E-state index in [9.17, 15) is 4.79 Å². The Morgan fingerprint density at radius 2 is 1.90 bits per heavy atom. The van der Waals surface area contributed by atoms with Crippen LogP contribution in [0.3, 0.4) is 0 Å². The topological polar surface area (TPSA) is 35.6 Å². The smallest absolute Gasteiger partial charge is 0.239 e. The van der Waals surface area contributed by atoms with E-state index in [1.54, 1.807) is 0 Å². The highest BCUT2D eigenvalue weighted by atomic mass is 35.5. The molecule has 6 heteroatoms. The van der Waals surface area contributed by atoms with Crippen LogP contribution in [0.2, 0.25) is 0 Å². The average molecular weight is 326 g/mol. The van der Waals surface area contributed by atoms with E-state index in [2.05, 4.69) is 29.0 Å². The van der Waals surface area contributed by atoms with Crippen LogP contribution in [-0.2, 0) is 4.79 Å². The van der Waals surface area contributed by atoms with Crippen molar-refractivity contribution < 1.29 is 4.79 Å². The summed E-state index contributed by atoms with van der Waals surface area (Å²) in [6.45, 7) is 9.46. The fourth-order valence-electron chi connectivity index (χ4n) is 3.26. The van der Waals surface area contributed by atoms with E-state index in [0.717, 1.165) is 45.6 Å². The van der Waals surface area contributed by atoms with Gasteiger partial charge >= 0.3 is 0 Å². The Bertz CT molecular complexity index is 282. The summed E-state index contributed by atoms with van der Waals surface area (Å²) in [6, 6.07) is 0.668. The first-order valence-electron chi connectivity index (χ1n) is 7.52. The molecule has 20 heavy (non-hydrogen) atoms. The van der Waals surface area contributed by atoms with Gasteiger partial charge in [-0.2, -0.15) is 0 Å². The fraction of sp³-hybridized carbons (Fsp3) is 0.929. The Hall–Kier alpha value is -0.0300. The molecule has 1 N–H and O–H groups in total. The van der Waals surface area contributed by atoms with Crippen molar-refractivity contribution >= 4 is 30.7 Å². The van der Waals surface area contributed by atoms with Crippen LogP contribution in [0.4, 0.5) is 0 Å². The van der Waals surface area contributed by atoms with Gasteiger partial charge in [-0.25, -0.2) is 0 Å².